The Morgan fingerprint density at radius 3 is 2.30 bits per heavy atom. The number of aryl methyl sites for hydroxylation is 2. The van der Waals surface area contributed by atoms with Gasteiger partial charge in [-0.2, -0.15) is 5.10 Å². The van der Waals surface area contributed by atoms with Gasteiger partial charge >= 0.3 is 0 Å². The van der Waals surface area contributed by atoms with Gasteiger partial charge in [0.1, 0.15) is 0 Å². The number of hydrogen-bond acceptors (Lipinski definition) is 3. The fourth-order valence-corrected chi connectivity index (χ4v) is 3.44. The third-order valence-corrected chi connectivity index (χ3v) is 6.73. The van der Waals surface area contributed by atoms with Crippen LogP contribution in [-0.4, -0.2) is 28.7 Å². The van der Waals surface area contributed by atoms with Crippen LogP contribution in [0.15, 0.2) is 0 Å². The summed E-state index contributed by atoms with van der Waals surface area (Å²) in [4.78, 5) is 0. The van der Waals surface area contributed by atoms with Gasteiger partial charge < -0.3 is 0 Å². The van der Waals surface area contributed by atoms with E-state index in [-0.39, 0.29) is 11.1 Å². The summed E-state index contributed by atoms with van der Waals surface area (Å²) >= 11 is 6.31. The minimum absolute atomic E-state index is 0.0667. The summed E-state index contributed by atoms with van der Waals surface area (Å²) in [5.74, 6) is 0.0942. The molecule has 1 aromatic rings. The number of hydrogen-bond donors (Lipinski definition) is 0. The van der Waals surface area contributed by atoms with E-state index < -0.39 is 14.6 Å². The standard InChI is InChI=1S/C14H25ClN2O2S/c1-7-12(15)13-10(2)16-17(11(13)3)8-9-20(18,19)14(4,5)6/h12H,7-9H2,1-6H3. The molecule has 6 heteroatoms. The van der Waals surface area contributed by atoms with E-state index in [2.05, 4.69) is 5.10 Å². The molecule has 4 nitrogen and oxygen atoms in total. The minimum atomic E-state index is -3.14. The molecule has 1 atom stereocenters. The van der Waals surface area contributed by atoms with E-state index in [9.17, 15) is 8.42 Å². The van der Waals surface area contributed by atoms with Crippen molar-refractivity contribution in [2.45, 2.75) is 64.6 Å². The Kier molecular flexibility index (Phi) is 5.30. The maximum absolute atomic E-state index is 12.2. The van der Waals surface area contributed by atoms with Gasteiger partial charge in [-0.15, -0.1) is 11.6 Å². The van der Waals surface area contributed by atoms with E-state index >= 15 is 0 Å². The highest BCUT2D eigenvalue weighted by molar-refractivity contribution is 7.92. The van der Waals surface area contributed by atoms with Crippen LogP contribution in [0.2, 0.25) is 0 Å². The number of sulfone groups is 1. The van der Waals surface area contributed by atoms with Crippen LogP contribution in [0.4, 0.5) is 0 Å². The van der Waals surface area contributed by atoms with Crippen LogP contribution in [-0.2, 0) is 16.4 Å². The van der Waals surface area contributed by atoms with Gasteiger partial charge in [0.15, 0.2) is 9.84 Å². The molecule has 0 aromatic carbocycles. The third kappa shape index (κ3) is 3.55. The molecule has 0 spiro atoms. The SMILES string of the molecule is CCC(Cl)c1c(C)nn(CCS(=O)(=O)C(C)(C)C)c1C. The van der Waals surface area contributed by atoms with E-state index in [1.165, 1.54) is 0 Å². The molecule has 1 rings (SSSR count). The van der Waals surface area contributed by atoms with Crippen molar-refractivity contribution in [3.8, 4) is 0 Å². The molecule has 0 radical (unpaired) electrons. The molecular weight excluding hydrogens is 296 g/mol. The average Bonchev–Trinajstić information content (AvgIpc) is 2.59. The van der Waals surface area contributed by atoms with Crippen molar-refractivity contribution in [2.75, 3.05) is 5.75 Å². The van der Waals surface area contributed by atoms with Gasteiger partial charge in [0.2, 0.25) is 0 Å². The lowest BCUT2D eigenvalue weighted by atomic mass is 10.1. The Morgan fingerprint density at radius 1 is 1.30 bits per heavy atom. The third-order valence-electron chi connectivity index (χ3n) is 3.61. The molecule has 0 bridgehead atoms. The molecule has 1 aromatic heterocycles. The lowest BCUT2D eigenvalue weighted by Gasteiger charge is -2.19. The topological polar surface area (TPSA) is 52.0 Å². The van der Waals surface area contributed by atoms with Crippen LogP contribution < -0.4 is 0 Å². The summed E-state index contributed by atoms with van der Waals surface area (Å²) in [6.45, 7) is 11.4. The van der Waals surface area contributed by atoms with Crippen molar-refractivity contribution in [1.29, 1.82) is 0 Å². The summed E-state index contributed by atoms with van der Waals surface area (Å²) in [7, 11) is -3.14. The largest absolute Gasteiger partial charge is 0.268 e. The van der Waals surface area contributed by atoms with Crippen molar-refractivity contribution >= 4 is 21.4 Å². The Morgan fingerprint density at radius 2 is 1.85 bits per heavy atom. The molecule has 0 aliphatic heterocycles. The van der Waals surface area contributed by atoms with E-state index in [0.717, 1.165) is 23.4 Å². The highest BCUT2D eigenvalue weighted by Crippen LogP contribution is 2.29. The summed E-state index contributed by atoms with van der Waals surface area (Å²) in [5, 5.41) is 4.37. The first-order valence-corrected chi connectivity index (χ1v) is 9.00. The summed E-state index contributed by atoms with van der Waals surface area (Å²) in [6, 6.07) is 0. The fraction of sp³-hybridized carbons (Fsp3) is 0.786. The fourth-order valence-electron chi connectivity index (χ4n) is 2.10. The Bertz CT molecular complexity index is 571. The van der Waals surface area contributed by atoms with Gasteiger partial charge in [-0.25, -0.2) is 8.42 Å². The quantitative estimate of drug-likeness (QED) is 0.781. The molecule has 0 saturated carbocycles. The number of rotatable bonds is 5. The lowest BCUT2D eigenvalue weighted by Crippen LogP contribution is -2.32. The minimum Gasteiger partial charge on any atom is -0.268 e. The lowest BCUT2D eigenvalue weighted by molar-refractivity contribution is 0.545. The summed E-state index contributed by atoms with van der Waals surface area (Å²) in [5.41, 5.74) is 2.88. The monoisotopic (exact) mass is 320 g/mol. The second-order valence-electron chi connectivity index (χ2n) is 6.11. The van der Waals surface area contributed by atoms with E-state index in [4.69, 9.17) is 11.6 Å². The normalized spacial score (nSPS) is 14.6. The zero-order valence-electron chi connectivity index (χ0n) is 13.2. The molecular formula is C14H25ClN2O2S. The van der Waals surface area contributed by atoms with Crippen LogP contribution >= 0.6 is 11.6 Å². The Hall–Kier alpha value is -0.550. The zero-order valence-corrected chi connectivity index (χ0v) is 14.8. The molecule has 1 unspecified atom stereocenters. The van der Waals surface area contributed by atoms with Crippen LogP contribution in [0, 0.1) is 13.8 Å². The van der Waals surface area contributed by atoms with Crippen LogP contribution in [0.3, 0.4) is 0 Å². The van der Waals surface area contributed by atoms with Gasteiger partial charge in [0.05, 0.1) is 28.1 Å². The van der Waals surface area contributed by atoms with Gasteiger partial charge in [-0.05, 0) is 41.0 Å². The highest BCUT2D eigenvalue weighted by Gasteiger charge is 2.29. The van der Waals surface area contributed by atoms with Gasteiger partial charge in [0.25, 0.3) is 0 Å². The molecule has 0 aliphatic carbocycles. The van der Waals surface area contributed by atoms with Gasteiger partial charge in [-0.3, -0.25) is 4.68 Å². The van der Waals surface area contributed by atoms with Gasteiger partial charge in [-0.1, -0.05) is 6.92 Å². The predicted octanol–water partition coefficient (Wildman–Crippen LogP) is 3.40. The molecule has 0 amide bonds. The molecule has 1 heterocycles. The summed E-state index contributed by atoms with van der Waals surface area (Å²) < 4.78 is 25.3. The number of alkyl halides is 1. The van der Waals surface area contributed by atoms with E-state index in [0.29, 0.717) is 6.54 Å². The predicted molar refractivity (Wildman–Crippen MR) is 84.1 cm³/mol. The van der Waals surface area contributed by atoms with Crippen molar-refractivity contribution in [2.24, 2.45) is 0 Å². The first-order valence-electron chi connectivity index (χ1n) is 6.91. The van der Waals surface area contributed by atoms with Crippen LogP contribution in [0.5, 0.6) is 0 Å². The molecule has 0 fully saturated rings. The molecule has 0 N–H and O–H groups in total. The Balaban J connectivity index is 2.97. The summed E-state index contributed by atoms with van der Waals surface area (Å²) in [6.07, 6.45) is 0.829. The van der Waals surface area contributed by atoms with Crippen molar-refractivity contribution in [3.05, 3.63) is 17.0 Å². The maximum Gasteiger partial charge on any atom is 0.157 e. The molecule has 0 saturated heterocycles. The van der Waals surface area contributed by atoms with Crippen molar-refractivity contribution in [1.82, 2.24) is 9.78 Å². The van der Waals surface area contributed by atoms with Gasteiger partial charge in [0, 0.05) is 11.3 Å². The first-order chi connectivity index (χ1) is 9.01. The molecule has 0 aliphatic rings. The van der Waals surface area contributed by atoms with Crippen LogP contribution in [0.25, 0.3) is 0 Å². The zero-order chi connectivity index (χ0) is 15.7. The average molecular weight is 321 g/mol. The second kappa shape index (κ2) is 6.06. The smallest absolute Gasteiger partial charge is 0.157 e. The Labute approximate surface area is 127 Å². The van der Waals surface area contributed by atoms with Crippen molar-refractivity contribution < 1.29 is 8.42 Å². The first kappa shape index (κ1) is 17.5. The number of halogens is 1. The van der Waals surface area contributed by atoms with E-state index in [1.807, 2.05) is 20.8 Å². The molecule has 116 valence electrons. The number of aromatic nitrogens is 2. The maximum atomic E-state index is 12.2. The van der Waals surface area contributed by atoms with Crippen LogP contribution in [0.1, 0.15) is 56.4 Å². The second-order valence-corrected chi connectivity index (χ2v) is 9.50. The van der Waals surface area contributed by atoms with E-state index in [1.54, 1.807) is 25.5 Å². The highest BCUT2D eigenvalue weighted by atomic mass is 35.5. The number of nitrogens with zero attached hydrogens (tertiary/aromatic N) is 2. The molecule has 20 heavy (non-hydrogen) atoms. The van der Waals surface area contributed by atoms with Crippen molar-refractivity contribution in [3.63, 3.8) is 0 Å².